The molecular formula is C19H34GdN4O8. The average Bonchev–Trinajstić information content (AvgIpc) is 2.65. The normalized spacial score (nSPS) is 18.1. The zero-order valence-corrected chi connectivity index (χ0v) is 20.4. The van der Waals surface area contributed by atoms with Gasteiger partial charge in [0.15, 0.2) is 0 Å². The summed E-state index contributed by atoms with van der Waals surface area (Å²) in [6, 6.07) is 0. The van der Waals surface area contributed by atoms with Crippen LogP contribution >= 0.6 is 0 Å². The Bertz CT molecular complexity index is 578. The minimum atomic E-state index is -0.991. The number of nitrogens with zero attached hydrogens (tertiary/aromatic N) is 4. The molecule has 1 saturated heterocycles. The first-order valence-corrected chi connectivity index (χ1v) is 10.4. The predicted octanol–water partition coefficient (Wildman–Crippen LogP) is -1.28. The number of hydrogen-bond acceptors (Lipinski definition) is 8. The van der Waals surface area contributed by atoms with Gasteiger partial charge < -0.3 is 25.3 Å². The van der Waals surface area contributed by atoms with Crippen LogP contribution < -0.4 is 0 Å². The van der Waals surface area contributed by atoms with E-state index in [0.29, 0.717) is 71.7 Å². The Balaban J connectivity index is 0.00000961. The molecule has 0 spiro atoms. The van der Waals surface area contributed by atoms with Gasteiger partial charge in [0.05, 0.1) is 19.6 Å². The van der Waals surface area contributed by atoms with Gasteiger partial charge in [-0.1, -0.05) is 0 Å². The van der Waals surface area contributed by atoms with E-state index in [4.69, 9.17) is 10.2 Å². The molecule has 4 N–H and O–H groups in total. The maximum Gasteiger partial charge on any atom is 0.317 e. The summed E-state index contributed by atoms with van der Waals surface area (Å²) in [6.07, 6.45) is 1.30. The van der Waals surface area contributed by atoms with Gasteiger partial charge in [-0.2, -0.15) is 0 Å². The number of unbranched alkanes of at least 4 members (excludes halogenated alkanes) is 1. The number of carboxylic acid groups (broad SMARTS) is 4. The zero-order chi connectivity index (χ0) is 23.2. The number of aliphatic carboxylic acids is 4. The molecule has 0 amide bonds. The van der Waals surface area contributed by atoms with Crippen molar-refractivity contribution in [2.24, 2.45) is 0 Å². The summed E-state index contributed by atoms with van der Waals surface area (Å²) in [5.74, 6) is -3.76. The molecule has 0 aromatic rings. The summed E-state index contributed by atoms with van der Waals surface area (Å²) in [7, 11) is 0. The SMILES string of the molecule is O=C(O)CCCCN1CCN(CC(=O)O)CCN(CC(=O)O)CCN(CC(=O)O)CC1.[Gd]. The molecule has 12 nitrogen and oxygen atoms in total. The largest absolute Gasteiger partial charge is 0.481 e. The van der Waals surface area contributed by atoms with E-state index in [9.17, 15) is 29.4 Å². The Morgan fingerprint density at radius 3 is 1.09 bits per heavy atom. The van der Waals surface area contributed by atoms with E-state index in [2.05, 4.69) is 4.90 Å². The van der Waals surface area contributed by atoms with E-state index < -0.39 is 23.9 Å². The van der Waals surface area contributed by atoms with Gasteiger partial charge >= 0.3 is 23.9 Å². The molecule has 0 aromatic carbocycles. The number of carbonyl (C=O) groups is 4. The van der Waals surface area contributed by atoms with Gasteiger partial charge in [-0.05, 0) is 19.4 Å². The Morgan fingerprint density at radius 1 is 0.500 bits per heavy atom. The molecule has 186 valence electrons. The van der Waals surface area contributed by atoms with Crippen LogP contribution in [0, 0.1) is 39.9 Å². The maximum absolute atomic E-state index is 11.2. The van der Waals surface area contributed by atoms with E-state index >= 15 is 0 Å². The summed E-state index contributed by atoms with van der Waals surface area (Å²) in [5.41, 5.74) is 0. The Hall–Kier alpha value is -0.955. The number of hydrogen-bond donors (Lipinski definition) is 4. The molecule has 32 heavy (non-hydrogen) atoms. The Kier molecular flexibility index (Phi) is 17.0. The second-order valence-electron chi connectivity index (χ2n) is 7.70. The smallest absolute Gasteiger partial charge is 0.317 e. The van der Waals surface area contributed by atoms with Crippen LogP contribution in [0.1, 0.15) is 19.3 Å². The van der Waals surface area contributed by atoms with Crippen LogP contribution in [0.25, 0.3) is 0 Å². The van der Waals surface area contributed by atoms with Crippen LogP contribution in [-0.4, -0.2) is 142 Å². The fourth-order valence-electron chi connectivity index (χ4n) is 3.46. The molecule has 0 atom stereocenters. The first-order chi connectivity index (χ1) is 14.7. The fourth-order valence-corrected chi connectivity index (χ4v) is 3.46. The quantitative estimate of drug-likeness (QED) is 0.207. The van der Waals surface area contributed by atoms with E-state index in [0.717, 1.165) is 0 Å². The van der Waals surface area contributed by atoms with Crippen molar-refractivity contribution in [2.75, 3.05) is 78.5 Å². The van der Waals surface area contributed by atoms with Crippen LogP contribution in [0.3, 0.4) is 0 Å². The van der Waals surface area contributed by atoms with E-state index in [1.54, 1.807) is 14.7 Å². The van der Waals surface area contributed by atoms with Gasteiger partial charge in [-0.15, -0.1) is 0 Å². The molecule has 0 unspecified atom stereocenters. The summed E-state index contributed by atoms with van der Waals surface area (Å²) in [6.45, 7) is 3.65. The van der Waals surface area contributed by atoms with E-state index in [1.807, 2.05) is 0 Å². The Morgan fingerprint density at radius 2 is 0.812 bits per heavy atom. The number of carboxylic acids is 4. The molecule has 13 heteroatoms. The monoisotopic (exact) mass is 604 g/mol. The first-order valence-electron chi connectivity index (χ1n) is 10.4. The van der Waals surface area contributed by atoms with Gasteiger partial charge in [0, 0.05) is 98.7 Å². The molecule has 1 heterocycles. The van der Waals surface area contributed by atoms with Crippen molar-refractivity contribution in [1.82, 2.24) is 19.6 Å². The number of rotatable bonds is 11. The van der Waals surface area contributed by atoms with Crippen molar-refractivity contribution in [1.29, 1.82) is 0 Å². The third-order valence-electron chi connectivity index (χ3n) is 5.12. The van der Waals surface area contributed by atoms with Crippen LogP contribution in [-0.2, 0) is 19.2 Å². The van der Waals surface area contributed by atoms with Gasteiger partial charge in [-0.25, -0.2) is 0 Å². The summed E-state index contributed by atoms with van der Waals surface area (Å²) >= 11 is 0. The fraction of sp³-hybridized carbons (Fsp3) is 0.789. The van der Waals surface area contributed by atoms with Gasteiger partial charge in [0.25, 0.3) is 0 Å². The van der Waals surface area contributed by atoms with E-state index in [1.165, 1.54) is 0 Å². The van der Waals surface area contributed by atoms with Crippen LogP contribution in [0.4, 0.5) is 0 Å². The minimum absolute atomic E-state index is 0. The Labute approximate surface area is 219 Å². The van der Waals surface area contributed by atoms with Gasteiger partial charge in [0.2, 0.25) is 0 Å². The van der Waals surface area contributed by atoms with Gasteiger partial charge in [0.1, 0.15) is 0 Å². The molecule has 0 aliphatic carbocycles. The van der Waals surface area contributed by atoms with Crippen LogP contribution in [0.15, 0.2) is 0 Å². The topological polar surface area (TPSA) is 162 Å². The minimum Gasteiger partial charge on any atom is -0.481 e. The molecule has 0 aromatic heterocycles. The van der Waals surface area contributed by atoms with Gasteiger partial charge in [-0.3, -0.25) is 33.9 Å². The standard InChI is InChI=1S/C19H34N4O8.Gd/c24-16(25)3-1-2-4-20-5-7-21(13-17(26)27)9-11-23(15-19(30)31)12-10-22(8-6-20)14-18(28)29;/h1-15H2,(H,24,25)(H,26,27)(H,28,29)(H,30,31);. The van der Waals surface area contributed by atoms with Crippen molar-refractivity contribution >= 4 is 23.9 Å². The van der Waals surface area contributed by atoms with Crippen molar-refractivity contribution in [3.8, 4) is 0 Å². The molecule has 1 rings (SSSR count). The first kappa shape index (κ1) is 31.0. The van der Waals surface area contributed by atoms with Crippen molar-refractivity contribution in [3.63, 3.8) is 0 Å². The summed E-state index contributed by atoms with van der Waals surface area (Å²) in [5, 5.41) is 36.3. The summed E-state index contributed by atoms with van der Waals surface area (Å²) < 4.78 is 0. The molecular weight excluding hydrogens is 569 g/mol. The zero-order valence-electron chi connectivity index (χ0n) is 18.2. The van der Waals surface area contributed by atoms with Crippen molar-refractivity contribution in [2.45, 2.75) is 19.3 Å². The van der Waals surface area contributed by atoms with Crippen LogP contribution in [0.2, 0.25) is 0 Å². The molecule has 1 fully saturated rings. The molecule has 1 aliphatic heterocycles. The average molecular weight is 604 g/mol. The van der Waals surface area contributed by atoms with Crippen LogP contribution in [0.5, 0.6) is 0 Å². The molecule has 0 bridgehead atoms. The van der Waals surface area contributed by atoms with Crippen molar-refractivity contribution in [3.05, 3.63) is 0 Å². The van der Waals surface area contributed by atoms with Crippen molar-refractivity contribution < 1.29 is 79.5 Å². The molecule has 1 aliphatic rings. The molecule has 0 radical (unpaired) electrons. The summed E-state index contributed by atoms with van der Waals surface area (Å²) in [4.78, 5) is 51.6. The third kappa shape index (κ3) is 15.8. The third-order valence-corrected chi connectivity index (χ3v) is 5.12. The second kappa shape index (κ2) is 17.5. The predicted molar refractivity (Wildman–Crippen MR) is 110 cm³/mol. The molecule has 0 saturated carbocycles. The second-order valence-corrected chi connectivity index (χ2v) is 7.70. The van der Waals surface area contributed by atoms with E-state index in [-0.39, 0.29) is 66.0 Å². The maximum atomic E-state index is 11.2.